The fourth-order valence-corrected chi connectivity index (χ4v) is 2.84. The van der Waals surface area contributed by atoms with Crippen LogP contribution in [0.3, 0.4) is 0 Å². The number of carbonyl (C=O) groups is 2. The van der Waals surface area contributed by atoms with Crippen molar-refractivity contribution in [2.45, 2.75) is 19.3 Å². The molecular formula is C16H21NO6. The Hall–Kier alpha value is -2.44. The van der Waals surface area contributed by atoms with Gasteiger partial charge in [0.05, 0.1) is 27.2 Å². The Morgan fingerprint density at radius 3 is 2.04 bits per heavy atom. The van der Waals surface area contributed by atoms with E-state index in [9.17, 15) is 9.59 Å². The number of rotatable bonds is 6. The first-order chi connectivity index (χ1) is 11.0. The second-order valence-electron chi connectivity index (χ2n) is 5.45. The summed E-state index contributed by atoms with van der Waals surface area (Å²) in [5.41, 5.74) is 0.517. The summed E-state index contributed by atoms with van der Waals surface area (Å²) < 4.78 is 15.7. The largest absolute Gasteiger partial charge is 0.493 e. The van der Waals surface area contributed by atoms with Gasteiger partial charge in [-0.3, -0.25) is 9.59 Å². The molecular weight excluding hydrogens is 302 g/mol. The molecule has 23 heavy (non-hydrogen) atoms. The normalized spacial score (nSPS) is 20.0. The van der Waals surface area contributed by atoms with E-state index in [-0.39, 0.29) is 11.8 Å². The van der Waals surface area contributed by atoms with Gasteiger partial charge in [-0.05, 0) is 19.3 Å². The monoisotopic (exact) mass is 323 g/mol. The lowest BCUT2D eigenvalue weighted by molar-refractivity contribution is -0.141. The highest BCUT2D eigenvalue weighted by atomic mass is 16.5. The number of carboxylic acid groups (broad SMARTS) is 1. The predicted octanol–water partition coefficient (Wildman–Crippen LogP) is 2.15. The molecule has 2 rings (SSSR count). The quantitative estimate of drug-likeness (QED) is 0.833. The van der Waals surface area contributed by atoms with Crippen molar-refractivity contribution >= 4 is 17.6 Å². The van der Waals surface area contributed by atoms with Gasteiger partial charge in [-0.15, -0.1) is 0 Å². The number of carboxylic acids is 1. The Bertz CT molecular complexity index is 575. The fraction of sp³-hybridized carbons (Fsp3) is 0.500. The number of ether oxygens (including phenoxy) is 3. The molecule has 0 saturated heterocycles. The third-order valence-electron chi connectivity index (χ3n) is 4.08. The van der Waals surface area contributed by atoms with Crippen LogP contribution in [0, 0.1) is 11.8 Å². The fourth-order valence-electron chi connectivity index (χ4n) is 2.84. The van der Waals surface area contributed by atoms with Crippen molar-refractivity contribution in [3.8, 4) is 17.2 Å². The van der Waals surface area contributed by atoms with Crippen LogP contribution in [0.5, 0.6) is 17.2 Å². The molecule has 1 aromatic rings. The van der Waals surface area contributed by atoms with E-state index in [1.165, 1.54) is 21.3 Å². The molecule has 0 aliphatic heterocycles. The number of aliphatic carboxylic acids is 1. The number of anilines is 1. The number of carbonyl (C=O) groups excluding carboxylic acids is 1. The van der Waals surface area contributed by atoms with Crippen LogP contribution >= 0.6 is 0 Å². The SMILES string of the molecule is COc1cc(NC(=O)[C@@H]2CC[C@H](C(=O)O)C2)cc(OC)c1OC. The van der Waals surface area contributed by atoms with E-state index in [0.29, 0.717) is 42.2 Å². The summed E-state index contributed by atoms with van der Waals surface area (Å²) in [6.45, 7) is 0. The van der Waals surface area contributed by atoms with E-state index in [1.54, 1.807) is 12.1 Å². The van der Waals surface area contributed by atoms with Gasteiger partial charge in [-0.1, -0.05) is 0 Å². The molecule has 0 heterocycles. The summed E-state index contributed by atoms with van der Waals surface area (Å²) in [4.78, 5) is 23.3. The van der Waals surface area contributed by atoms with Gasteiger partial charge in [0, 0.05) is 23.7 Å². The molecule has 2 atom stereocenters. The van der Waals surface area contributed by atoms with Crippen molar-refractivity contribution in [3.63, 3.8) is 0 Å². The summed E-state index contributed by atoms with van der Waals surface area (Å²) in [5.74, 6) is -0.439. The van der Waals surface area contributed by atoms with Gasteiger partial charge >= 0.3 is 5.97 Å². The maximum absolute atomic E-state index is 12.3. The molecule has 0 unspecified atom stereocenters. The summed E-state index contributed by atoms with van der Waals surface area (Å²) in [5, 5.41) is 11.8. The standard InChI is InChI=1S/C16H21NO6/c1-21-12-7-11(8-13(22-2)14(12)23-3)17-15(18)9-4-5-10(6-9)16(19)20/h7-10H,4-6H2,1-3H3,(H,17,18)(H,19,20)/t9-,10+/m1/s1. The molecule has 7 nitrogen and oxygen atoms in total. The number of hydrogen-bond acceptors (Lipinski definition) is 5. The van der Waals surface area contributed by atoms with Gasteiger partial charge in [0.2, 0.25) is 11.7 Å². The van der Waals surface area contributed by atoms with Crippen molar-refractivity contribution in [2.75, 3.05) is 26.6 Å². The third kappa shape index (κ3) is 3.67. The van der Waals surface area contributed by atoms with Crippen molar-refractivity contribution in [3.05, 3.63) is 12.1 Å². The number of methoxy groups -OCH3 is 3. The minimum absolute atomic E-state index is 0.192. The zero-order valence-corrected chi connectivity index (χ0v) is 13.4. The van der Waals surface area contributed by atoms with E-state index in [1.807, 2.05) is 0 Å². The van der Waals surface area contributed by atoms with Gasteiger partial charge < -0.3 is 24.6 Å². The Morgan fingerprint density at radius 2 is 1.61 bits per heavy atom. The van der Waals surface area contributed by atoms with Crippen LogP contribution in [-0.2, 0) is 9.59 Å². The van der Waals surface area contributed by atoms with Crippen molar-refractivity contribution in [2.24, 2.45) is 11.8 Å². The van der Waals surface area contributed by atoms with E-state index in [4.69, 9.17) is 19.3 Å². The summed E-state index contributed by atoms with van der Waals surface area (Å²) in [7, 11) is 4.50. The van der Waals surface area contributed by atoms with Gasteiger partial charge in [-0.2, -0.15) is 0 Å². The smallest absolute Gasteiger partial charge is 0.306 e. The number of amides is 1. The predicted molar refractivity (Wildman–Crippen MR) is 83.2 cm³/mol. The number of hydrogen-bond donors (Lipinski definition) is 2. The summed E-state index contributed by atoms with van der Waals surface area (Å²) in [6, 6.07) is 3.28. The molecule has 1 fully saturated rings. The molecule has 0 aromatic heterocycles. The van der Waals surface area contributed by atoms with E-state index >= 15 is 0 Å². The van der Waals surface area contributed by atoms with Crippen molar-refractivity contribution in [1.82, 2.24) is 0 Å². The molecule has 1 aliphatic rings. The minimum Gasteiger partial charge on any atom is -0.493 e. The van der Waals surface area contributed by atoms with Gasteiger partial charge in [0.15, 0.2) is 11.5 Å². The second-order valence-corrected chi connectivity index (χ2v) is 5.45. The van der Waals surface area contributed by atoms with Crippen LogP contribution in [0.2, 0.25) is 0 Å². The Balaban J connectivity index is 2.14. The maximum atomic E-state index is 12.3. The molecule has 1 aliphatic carbocycles. The highest BCUT2D eigenvalue weighted by molar-refractivity contribution is 5.94. The van der Waals surface area contributed by atoms with Crippen molar-refractivity contribution in [1.29, 1.82) is 0 Å². The van der Waals surface area contributed by atoms with E-state index in [0.717, 1.165) is 0 Å². The highest BCUT2D eigenvalue weighted by Crippen LogP contribution is 2.40. The highest BCUT2D eigenvalue weighted by Gasteiger charge is 2.34. The Labute approximate surface area is 134 Å². The Kier molecular flexibility index (Phi) is 5.31. The van der Waals surface area contributed by atoms with Gasteiger partial charge in [0.1, 0.15) is 0 Å². The number of nitrogens with one attached hydrogen (secondary N) is 1. The van der Waals surface area contributed by atoms with Crippen LogP contribution in [0.4, 0.5) is 5.69 Å². The van der Waals surface area contributed by atoms with E-state index < -0.39 is 11.9 Å². The minimum atomic E-state index is -0.840. The molecule has 1 aromatic carbocycles. The third-order valence-corrected chi connectivity index (χ3v) is 4.08. The zero-order chi connectivity index (χ0) is 17.0. The molecule has 2 N–H and O–H groups in total. The molecule has 1 amide bonds. The summed E-state index contributed by atoms with van der Waals surface area (Å²) in [6.07, 6.45) is 1.47. The van der Waals surface area contributed by atoms with Crippen LogP contribution < -0.4 is 19.5 Å². The average Bonchev–Trinajstić information content (AvgIpc) is 3.04. The van der Waals surface area contributed by atoms with Gasteiger partial charge in [0.25, 0.3) is 0 Å². The topological polar surface area (TPSA) is 94.1 Å². The van der Waals surface area contributed by atoms with Crippen LogP contribution in [0.1, 0.15) is 19.3 Å². The molecule has 0 spiro atoms. The maximum Gasteiger partial charge on any atom is 0.306 e. The molecule has 0 radical (unpaired) electrons. The first-order valence-corrected chi connectivity index (χ1v) is 7.33. The lowest BCUT2D eigenvalue weighted by atomic mass is 10.0. The van der Waals surface area contributed by atoms with Crippen LogP contribution in [0.25, 0.3) is 0 Å². The second kappa shape index (κ2) is 7.21. The molecule has 0 bridgehead atoms. The molecule has 126 valence electrons. The summed E-state index contributed by atoms with van der Waals surface area (Å²) >= 11 is 0. The lowest BCUT2D eigenvalue weighted by Crippen LogP contribution is -2.21. The lowest BCUT2D eigenvalue weighted by Gasteiger charge is -2.16. The first kappa shape index (κ1) is 16.9. The van der Waals surface area contributed by atoms with Crippen molar-refractivity contribution < 1.29 is 28.9 Å². The van der Waals surface area contributed by atoms with E-state index in [2.05, 4.69) is 5.32 Å². The first-order valence-electron chi connectivity index (χ1n) is 7.33. The molecule has 1 saturated carbocycles. The number of benzene rings is 1. The van der Waals surface area contributed by atoms with Crippen LogP contribution in [0.15, 0.2) is 12.1 Å². The molecule has 7 heteroatoms. The Morgan fingerprint density at radius 1 is 1.04 bits per heavy atom. The zero-order valence-electron chi connectivity index (χ0n) is 13.4. The average molecular weight is 323 g/mol. The van der Waals surface area contributed by atoms with Gasteiger partial charge in [-0.25, -0.2) is 0 Å². The van der Waals surface area contributed by atoms with Crippen LogP contribution in [-0.4, -0.2) is 38.3 Å².